The fourth-order valence-corrected chi connectivity index (χ4v) is 2.79. The number of nitrogens with one attached hydrogen (secondary N) is 1. The summed E-state index contributed by atoms with van der Waals surface area (Å²) in [5.41, 5.74) is 1.02. The minimum atomic E-state index is -2.86. The minimum absolute atomic E-state index is 0.0871. The lowest BCUT2D eigenvalue weighted by Gasteiger charge is -2.16. The lowest BCUT2D eigenvalue weighted by Crippen LogP contribution is -2.24. The first-order valence-electron chi connectivity index (χ1n) is 7.71. The van der Waals surface area contributed by atoms with Gasteiger partial charge in [0.15, 0.2) is 11.5 Å². The third-order valence-electron chi connectivity index (χ3n) is 4.27. The molecule has 1 aromatic carbocycles. The van der Waals surface area contributed by atoms with Gasteiger partial charge in [0.05, 0.1) is 13.2 Å². The zero-order valence-corrected chi connectivity index (χ0v) is 12.3. The van der Waals surface area contributed by atoms with Gasteiger partial charge in [-0.25, -0.2) is 0 Å². The Balaban J connectivity index is 1.74. The Hall–Kier alpha value is -1.40. The maximum absolute atomic E-state index is 12.5. The second kappa shape index (κ2) is 6.79. The van der Waals surface area contributed by atoms with Crippen LogP contribution < -0.4 is 14.8 Å². The van der Waals surface area contributed by atoms with Crippen LogP contribution in [0.1, 0.15) is 30.7 Å². The summed E-state index contributed by atoms with van der Waals surface area (Å²) < 4.78 is 35.2. The molecular formula is C16H21F2NO3. The third kappa shape index (κ3) is 3.87. The first kappa shape index (κ1) is 15.5. The predicted molar refractivity (Wildman–Crippen MR) is 77.5 cm³/mol. The Labute approximate surface area is 128 Å². The van der Waals surface area contributed by atoms with Crippen molar-refractivity contribution >= 4 is 0 Å². The van der Waals surface area contributed by atoms with E-state index in [0.29, 0.717) is 18.3 Å². The quantitative estimate of drug-likeness (QED) is 0.812. The molecule has 1 heterocycles. The molecule has 0 bridgehead atoms. The van der Waals surface area contributed by atoms with Gasteiger partial charge in [-0.1, -0.05) is 6.07 Å². The molecule has 2 N–H and O–H groups in total. The Bertz CT molecular complexity index is 508. The van der Waals surface area contributed by atoms with Crippen molar-refractivity contribution in [3.8, 4) is 11.5 Å². The maximum atomic E-state index is 12.5. The summed E-state index contributed by atoms with van der Waals surface area (Å²) in [6.45, 7) is -1.44. The number of aliphatic hydroxyl groups is 1. The van der Waals surface area contributed by atoms with E-state index >= 15 is 0 Å². The van der Waals surface area contributed by atoms with Crippen LogP contribution in [0.25, 0.3) is 0 Å². The van der Waals surface area contributed by atoms with E-state index in [1.807, 2.05) is 0 Å². The van der Waals surface area contributed by atoms with Crippen LogP contribution >= 0.6 is 0 Å². The molecule has 6 heteroatoms. The number of hydrogen-bond donors (Lipinski definition) is 2. The SMILES string of the molecule is OC[C@@H]1CC(c2ccc(OC(F)F)c(OCC3CC3)c2)CN1. The largest absolute Gasteiger partial charge is 0.489 e. The molecule has 2 aliphatic rings. The van der Waals surface area contributed by atoms with Gasteiger partial charge < -0.3 is 19.9 Å². The van der Waals surface area contributed by atoms with Crippen LogP contribution in [-0.4, -0.2) is 37.5 Å². The summed E-state index contributed by atoms with van der Waals surface area (Å²) in [4.78, 5) is 0. The number of alkyl halides is 2. The summed E-state index contributed by atoms with van der Waals surface area (Å²) in [6, 6.07) is 5.24. The highest BCUT2D eigenvalue weighted by Gasteiger charge is 2.27. The van der Waals surface area contributed by atoms with Gasteiger partial charge in [-0.05, 0) is 48.8 Å². The van der Waals surface area contributed by atoms with Crippen molar-refractivity contribution in [3.63, 3.8) is 0 Å². The van der Waals surface area contributed by atoms with Crippen molar-refractivity contribution < 1.29 is 23.4 Å². The van der Waals surface area contributed by atoms with Gasteiger partial charge >= 0.3 is 6.61 Å². The summed E-state index contributed by atoms with van der Waals surface area (Å²) >= 11 is 0. The molecule has 2 atom stereocenters. The van der Waals surface area contributed by atoms with Crippen molar-refractivity contribution in [2.45, 2.75) is 37.8 Å². The molecule has 22 heavy (non-hydrogen) atoms. The van der Waals surface area contributed by atoms with E-state index in [1.54, 1.807) is 18.2 Å². The molecule has 1 saturated carbocycles. The molecular weight excluding hydrogens is 292 g/mol. The molecule has 1 unspecified atom stereocenters. The van der Waals surface area contributed by atoms with Gasteiger partial charge in [0.25, 0.3) is 0 Å². The van der Waals surface area contributed by atoms with Crippen molar-refractivity contribution in [1.82, 2.24) is 5.32 Å². The van der Waals surface area contributed by atoms with Crippen molar-refractivity contribution in [2.75, 3.05) is 19.8 Å². The number of rotatable bonds is 7. The van der Waals surface area contributed by atoms with Crippen LogP contribution in [0.4, 0.5) is 8.78 Å². The molecule has 1 saturated heterocycles. The molecule has 0 radical (unpaired) electrons. The zero-order valence-electron chi connectivity index (χ0n) is 12.3. The average Bonchev–Trinajstić information content (AvgIpc) is 3.20. The van der Waals surface area contributed by atoms with E-state index in [9.17, 15) is 13.9 Å². The molecule has 0 spiro atoms. The van der Waals surface area contributed by atoms with Crippen LogP contribution in [0.2, 0.25) is 0 Å². The van der Waals surface area contributed by atoms with E-state index in [4.69, 9.17) is 4.74 Å². The van der Waals surface area contributed by atoms with Gasteiger partial charge in [0, 0.05) is 12.6 Å². The molecule has 1 aromatic rings. The second-order valence-electron chi connectivity index (χ2n) is 6.06. The van der Waals surface area contributed by atoms with E-state index in [1.165, 1.54) is 0 Å². The van der Waals surface area contributed by atoms with E-state index < -0.39 is 6.61 Å². The van der Waals surface area contributed by atoms with E-state index in [2.05, 4.69) is 10.1 Å². The first-order valence-corrected chi connectivity index (χ1v) is 7.71. The Morgan fingerprint density at radius 2 is 2.09 bits per heavy atom. The smallest absolute Gasteiger partial charge is 0.387 e. The van der Waals surface area contributed by atoms with E-state index in [0.717, 1.165) is 31.4 Å². The highest BCUT2D eigenvalue weighted by molar-refractivity contribution is 5.44. The van der Waals surface area contributed by atoms with Crippen LogP contribution in [0.15, 0.2) is 18.2 Å². The molecule has 3 rings (SSSR count). The monoisotopic (exact) mass is 313 g/mol. The van der Waals surface area contributed by atoms with Gasteiger partial charge in [0.1, 0.15) is 0 Å². The summed E-state index contributed by atoms with van der Waals surface area (Å²) in [5.74, 6) is 1.26. The fourth-order valence-electron chi connectivity index (χ4n) is 2.79. The molecule has 0 aromatic heterocycles. The lowest BCUT2D eigenvalue weighted by molar-refractivity contribution is -0.0515. The number of ether oxygens (including phenoxy) is 2. The van der Waals surface area contributed by atoms with Crippen LogP contribution in [0.5, 0.6) is 11.5 Å². The van der Waals surface area contributed by atoms with Gasteiger partial charge in [0.2, 0.25) is 0 Å². The Kier molecular flexibility index (Phi) is 4.78. The first-order chi connectivity index (χ1) is 10.7. The standard InChI is InChI=1S/C16H21F2NO3/c17-16(18)22-14-4-3-11(12-5-13(8-20)19-7-12)6-15(14)21-9-10-1-2-10/h3-4,6,10,12-13,16,19-20H,1-2,5,7-9H2/t12?,13-/m0/s1. The predicted octanol–water partition coefficient (Wildman–Crippen LogP) is 2.51. The topological polar surface area (TPSA) is 50.7 Å². The fraction of sp³-hybridized carbons (Fsp3) is 0.625. The summed E-state index contributed by atoms with van der Waals surface area (Å²) in [7, 11) is 0. The average molecular weight is 313 g/mol. The van der Waals surface area contributed by atoms with Crippen LogP contribution in [-0.2, 0) is 0 Å². The van der Waals surface area contributed by atoms with Crippen LogP contribution in [0.3, 0.4) is 0 Å². The van der Waals surface area contributed by atoms with E-state index in [-0.39, 0.29) is 24.3 Å². The molecule has 4 nitrogen and oxygen atoms in total. The van der Waals surface area contributed by atoms with Crippen molar-refractivity contribution in [1.29, 1.82) is 0 Å². The number of aliphatic hydroxyl groups excluding tert-OH is 1. The number of halogens is 2. The Morgan fingerprint density at radius 1 is 1.27 bits per heavy atom. The maximum Gasteiger partial charge on any atom is 0.387 e. The highest BCUT2D eigenvalue weighted by atomic mass is 19.3. The number of hydrogen-bond acceptors (Lipinski definition) is 4. The van der Waals surface area contributed by atoms with Crippen molar-refractivity contribution in [2.24, 2.45) is 5.92 Å². The Morgan fingerprint density at radius 3 is 2.73 bits per heavy atom. The zero-order chi connectivity index (χ0) is 15.5. The summed E-state index contributed by atoms with van der Waals surface area (Å²) in [5, 5.41) is 12.4. The van der Waals surface area contributed by atoms with Crippen LogP contribution in [0, 0.1) is 5.92 Å². The molecule has 2 fully saturated rings. The van der Waals surface area contributed by atoms with Crippen molar-refractivity contribution in [3.05, 3.63) is 23.8 Å². The molecule has 122 valence electrons. The normalized spacial score (nSPS) is 24.7. The highest BCUT2D eigenvalue weighted by Crippen LogP contribution is 2.37. The van der Waals surface area contributed by atoms with Gasteiger partial charge in [-0.3, -0.25) is 0 Å². The minimum Gasteiger partial charge on any atom is -0.489 e. The molecule has 1 aliphatic heterocycles. The summed E-state index contributed by atoms with van der Waals surface area (Å²) in [6.07, 6.45) is 3.10. The van der Waals surface area contributed by atoms with Gasteiger partial charge in [-0.2, -0.15) is 8.78 Å². The third-order valence-corrected chi connectivity index (χ3v) is 4.27. The molecule has 1 aliphatic carbocycles. The second-order valence-corrected chi connectivity index (χ2v) is 6.06. The lowest BCUT2D eigenvalue weighted by atomic mass is 9.96. The van der Waals surface area contributed by atoms with Gasteiger partial charge in [-0.15, -0.1) is 0 Å². The molecule has 0 amide bonds. The number of benzene rings is 1.